The molecule has 0 spiro atoms. The Morgan fingerprint density at radius 1 is 1.19 bits per heavy atom. The highest BCUT2D eigenvalue weighted by Gasteiger charge is 2.39. The van der Waals surface area contributed by atoms with Gasteiger partial charge in [0, 0.05) is 13.5 Å². The molecule has 2 atom stereocenters. The third kappa shape index (κ3) is 4.06. The fourth-order valence-corrected chi connectivity index (χ4v) is 2.70. The van der Waals surface area contributed by atoms with Crippen LogP contribution < -0.4 is 0 Å². The fraction of sp³-hybridized carbons (Fsp3) is 1.00. The van der Waals surface area contributed by atoms with Crippen molar-refractivity contribution in [2.24, 2.45) is 0 Å². The predicted octanol–water partition coefficient (Wildman–Crippen LogP) is 3.93. The molecule has 16 heavy (non-hydrogen) atoms. The molecular weight excluding hydrogens is 200 g/mol. The van der Waals surface area contributed by atoms with Gasteiger partial charge in [0.25, 0.3) is 0 Å². The first-order valence-corrected chi connectivity index (χ1v) is 6.73. The van der Waals surface area contributed by atoms with Crippen LogP contribution in [-0.2, 0) is 9.47 Å². The largest absolute Gasteiger partial charge is 0.378 e. The third-order valence-electron chi connectivity index (χ3n) is 3.88. The summed E-state index contributed by atoms with van der Waals surface area (Å²) in [7, 11) is 1.82. The Morgan fingerprint density at radius 2 is 1.94 bits per heavy atom. The van der Waals surface area contributed by atoms with Crippen LogP contribution in [0.1, 0.15) is 65.7 Å². The molecule has 1 heterocycles. The lowest BCUT2D eigenvalue weighted by atomic mass is 9.81. The number of hydrogen-bond donors (Lipinski definition) is 0. The van der Waals surface area contributed by atoms with Crippen LogP contribution in [0.15, 0.2) is 0 Å². The molecule has 1 aliphatic heterocycles. The van der Waals surface area contributed by atoms with Gasteiger partial charge in [-0.1, -0.05) is 32.6 Å². The highest BCUT2D eigenvalue weighted by Crippen LogP contribution is 2.37. The van der Waals surface area contributed by atoms with Crippen molar-refractivity contribution in [2.75, 3.05) is 13.7 Å². The van der Waals surface area contributed by atoms with Gasteiger partial charge in [-0.05, 0) is 26.7 Å². The number of unbranched alkanes of at least 4 members (excludes halogenated alkanes) is 3. The molecule has 1 rings (SSSR count). The van der Waals surface area contributed by atoms with Gasteiger partial charge in [-0.25, -0.2) is 0 Å². The summed E-state index contributed by atoms with van der Waals surface area (Å²) in [6.45, 7) is 7.55. The zero-order chi connectivity index (χ0) is 12.1. The first-order chi connectivity index (χ1) is 7.54. The second kappa shape index (κ2) is 6.02. The molecule has 1 saturated heterocycles. The molecule has 0 aromatic carbocycles. The molecule has 2 heteroatoms. The van der Waals surface area contributed by atoms with E-state index in [0.29, 0.717) is 0 Å². The van der Waals surface area contributed by atoms with Crippen molar-refractivity contribution in [2.45, 2.75) is 76.9 Å². The van der Waals surface area contributed by atoms with Crippen molar-refractivity contribution in [3.05, 3.63) is 0 Å². The van der Waals surface area contributed by atoms with Crippen LogP contribution in [0.4, 0.5) is 0 Å². The molecule has 0 radical (unpaired) electrons. The van der Waals surface area contributed by atoms with Crippen LogP contribution in [0.25, 0.3) is 0 Å². The summed E-state index contributed by atoms with van der Waals surface area (Å²) in [5, 5.41) is 0. The molecule has 96 valence electrons. The lowest BCUT2D eigenvalue weighted by Gasteiger charge is -2.43. The van der Waals surface area contributed by atoms with Crippen LogP contribution in [-0.4, -0.2) is 24.9 Å². The molecule has 1 aliphatic rings. The fourth-order valence-electron chi connectivity index (χ4n) is 2.70. The third-order valence-corrected chi connectivity index (χ3v) is 3.88. The molecule has 0 amide bonds. The van der Waals surface area contributed by atoms with Gasteiger partial charge in [-0.3, -0.25) is 0 Å². The molecule has 0 bridgehead atoms. The van der Waals surface area contributed by atoms with Crippen LogP contribution in [0.3, 0.4) is 0 Å². The van der Waals surface area contributed by atoms with E-state index in [0.717, 1.165) is 19.4 Å². The van der Waals surface area contributed by atoms with Gasteiger partial charge in [-0.2, -0.15) is 0 Å². The Hall–Kier alpha value is -0.0800. The topological polar surface area (TPSA) is 18.5 Å². The molecule has 2 unspecified atom stereocenters. The molecule has 1 fully saturated rings. The van der Waals surface area contributed by atoms with Crippen molar-refractivity contribution >= 4 is 0 Å². The van der Waals surface area contributed by atoms with E-state index in [1.54, 1.807) is 0 Å². The Balaban J connectivity index is 2.37. The second-order valence-corrected chi connectivity index (χ2v) is 5.69. The summed E-state index contributed by atoms with van der Waals surface area (Å²) < 4.78 is 11.6. The summed E-state index contributed by atoms with van der Waals surface area (Å²) in [5.41, 5.74) is 0.0640. The minimum absolute atomic E-state index is 0.0256. The number of ether oxygens (including phenoxy) is 2. The summed E-state index contributed by atoms with van der Waals surface area (Å²) >= 11 is 0. The van der Waals surface area contributed by atoms with Gasteiger partial charge in [0.05, 0.1) is 17.8 Å². The Kier molecular flexibility index (Phi) is 5.26. The number of methoxy groups -OCH3 is 1. The summed E-state index contributed by atoms with van der Waals surface area (Å²) in [4.78, 5) is 0. The normalized spacial score (nSPS) is 35.2. The van der Waals surface area contributed by atoms with Crippen molar-refractivity contribution in [3.63, 3.8) is 0 Å². The van der Waals surface area contributed by atoms with E-state index in [1.807, 2.05) is 7.11 Å². The van der Waals surface area contributed by atoms with Crippen LogP contribution in [0, 0.1) is 0 Å². The van der Waals surface area contributed by atoms with Gasteiger partial charge in [0.15, 0.2) is 0 Å². The molecular formula is C14H28O2. The maximum absolute atomic E-state index is 5.96. The van der Waals surface area contributed by atoms with Gasteiger partial charge >= 0.3 is 0 Å². The maximum atomic E-state index is 5.96. The molecule has 0 N–H and O–H groups in total. The van der Waals surface area contributed by atoms with E-state index in [9.17, 15) is 0 Å². The molecule has 0 aliphatic carbocycles. The smallest absolute Gasteiger partial charge is 0.0700 e. The standard InChI is InChI=1S/C14H28O2/c1-5-6-7-8-9-14(3)12-13(2,15-4)10-11-16-14/h5-12H2,1-4H3. The van der Waals surface area contributed by atoms with Crippen molar-refractivity contribution in [3.8, 4) is 0 Å². The van der Waals surface area contributed by atoms with E-state index in [4.69, 9.17) is 9.47 Å². The summed E-state index contributed by atoms with van der Waals surface area (Å²) in [6.07, 6.45) is 8.48. The van der Waals surface area contributed by atoms with Crippen molar-refractivity contribution in [1.82, 2.24) is 0 Å². The Labute approximate surface area is 101 Å². The summed E-state index contributed by atoms with van der Waals surface area (Å²) in [5.74, 6) is 0. The predicted molar refractivity (Wildman–Crippen MR) is 67.8 cm³/mol. The van der Waals surface area contributed by atoms with Crippen LogP contribution >= 0.6 is 0 Å². The van der Waals surface area contributed by atoms with E-state index in [-0.39, 0.29) is 11.2 Å². The van der Waals surface area contributed by atoms with E-state index in [1.165, 1.54) is 32.1 Å². The van der Waals surface area contributed by atoms with Gasteiger partial charge < -0.3 is 9.47 Å². The summed E-state index contributed by atoms with van der Waals surface area (Å²) in [6, 6.07) is 0. The van der Waals surface area contributed by atoms with Gasteiger partial charge in [-0.15, -0.1) is 0 Å². The molecule has 0 aromatic rings. The monoisotopic (exact) mass is 228 g/mol. The van der Waals surface area contributed by atoms with Gasteiger partial charge in [0.2, 0.25) is 0 Å². The highest BCUT2D eigenvalue weighted by molar-refractivity contribution is 4.91. The average Bonchev–Trinajstić information content (AvgIpc) is 2.24. The molecule has 2 nitrogen and oxygen atoms in total. The van der Waals surface area contributed by atoms with Crippen molar-refractivity contribution in [1.29, 1.82) is 0 Å². The highest BCUT2D eigenvalue weighted by atomic mass is 16.5. The quantitative estimate of drug-likeness (QED) is 0.641. The second-order valence-electron chi connectivity index (χ2n) is 5.69. The minimum Gasteiger partial charge on any atom is -0.378 e. The molecule has 0 aromatic heterocycles. The van der Waals surface area contributed by atoms with E-state index >= 15 is 0 Å². The lowest BCUT2D eigenvalue weighted by Crippen LogP contribution is -2.46. The number of rotatable bonds is 6. The zero-order valence-electron chi connectivity index (χ0n) is 11.5. The lowest BCUT2D eigenvalue weighted by molar-refractivity contribution is -0.160. The van der Waals surface area contributed by atoms with E-state index < -0.39 is 0 Å². The van der Waals surface area contributed by atoms with Crippen LogP contribution in [0.2, 0.25) is 0 Å². The zero-order valence-corrected chi connectivity index (χ0v) is 11.5. The number of hydrogen-bond acceptors (Lipinski definition) is 2. The van der Waals surface area contributed by atoms with Crippen molar-refractivity contribution < 1.29 is 9.47 Å². The first kappa shape index (κ1) is 14.0. The minimum atomic E-state index is 0.0256. The average molecular weight is 228 g/mol. The Morgan fingerprint density at radius 3 is 2.56 bits per heavy atom. The Bertz CT molecular complexity index is 205. The van der Waals surface area contributed by atoms with Gasteiger partial charge in [0.1, 0.15) is 0 Å². The molecule has 0 saturated carbocycles. The first-order valence-electron chi connectivity index (χ1n) is 6.73. The van der Waals surface area contributed by atoms with E-state index in [2.05, 4.69) is 20.8 Å². The maximum Gasteiger partial charge on any atom is 0.0700 e. The van der Waals surface area contributed by atoms with Crippen LogP contribution in [0.5, 0.6) is 0 Å². The SMILES string of the molecule is CCCCCCC1(C)CC(C)(OC)CCO1.